The van der Waals surface area contributed by atoms with Gasteiger partial charge in [-0.05, 0) is 24.1 Å². The molecule has 1 aliphatic heterocycles. The third-order valence-electron chi connectivity index (χ3n) is 3.25. The van der Waals surface area contributed by atoms with Gasteiger partial charge in [-0.15, -0.1) is 13.2 Å². The number of rotatable bonds is 5. The average Bonchev–Trinajstić information content (AvgIpc) is 2.64. The van der Waals surface area contributed by atoms with Crippen molar-refractivity contribution in [3.05, 3.63) is 23.8 Å². The molecule has 0 fully saturated rings. The van der Waals surface area contributed by atoms with Crippen molar-refractivity contribution in [2.75, 3.05) is 26.3 Å². The van der Waals surface area contributed by atoms with Gasteiger partial charge in [-0.2, -0.15) is 0 Å². The maximum Gasteiger partial charge on any atom is 0.573 e. The van der Waals surface area contributed by atoms with Gasteiger partial charge in [0.05, 0.1) is 13.2 Å². The van der Waals surface area contributed by atoms with Gasteiger partial charge >= 0.3 is 12.3 Å². The number of alkyl halides is 3. The van der Waals surface area contributed by atoms with Crippen LogP contribution in [0.2, 0.25) is 0 Å². The normalized spacial score (nSPS) is 15.4. The van der Waals surface area contributed by atoms with Crippen LogP contribution in [-0.4, -0.2) is 43.5 Å². The van der Waals surface area contributed by atoms with Crippen LogP contribution < -0.4 is 9.47 Å². The molecule has 2 rings (SSSR count). The molecule has 0 aliphatic carbocycles. The van der Waals surface area contributed by atoms with E-state index in [0.29, 0.717) is 31.1 Å². The van der Waals surface area contributed by atoms with Crippen molar-refractivity contribution in [3.63, 3.8) is 0 Å². The van der Waals surface area contributed by atoms with Crippen molar-refractivity contribution in [2.45, 2.75) is 26.8 Å². The standard InChI is InChI=1S/C16H20F3NO4/c1-11(2)10-23-15(21)9-20-5-6-22-14-4-3-13(7-12(14)8-20)24-16(17,18)19/h3-4,7,11H,5-6,8-10H2,1-2H3. The molecule has 134 valence electrons. The Bertz CT molecular complexity index is 575. The van der Waals surface area contributed by atoms with E-state index in [9.17, 15) is 18.0 Å². The summed E-state index contributed by atoms with van der Waals surface area (Å²) in [5.74, 6) is 0.0516. The Balaban J connectivity index is 2.02. The van der Waals surface area contributed by atoms with Gasteiger partial charge in [0.25, 0.3) is 0 Å². The summed E-state index contributed by atoms with van der Waals surface area (Å²) in [6, 6.07) is 3.93. The number of fused-ring (bicyclic) bond motifs is 1. The molecule has 0 radical (unpaired) electrons. The van der Waals surface area contributed by atoms with Gasteiger partial charge in [0, 0.05) is 18.7 Å². The molecule has 0 atom stereocenters. The zero-order chi connectivity index (χ0) is 17.7. The first kappa shape index (κ1) is 18.4. The fourth-order valence-corrected chi connectivity index (χ4v) is 2.24. The number of halogens is 3. The molecule has 0 N–H and O–H groups in total. The Kier molecular flexibility index (Phi) is 5.93. The molecule has 0 saturated carbocycles. The summed E-state index contributed by atoms with van der Waals surface area (Å²) in [4.78, 5) is 13.6. The summed E-state index contributed by atoms with van der Waals surface area (Å²) in [6.45, 7) is 5.35. The molecule has 5 nitrogen and oxygen atoms in total. The third-order valence-corrected chi connectivity index (χ3v) is 3.25. The lowest BCUT2D eigenvalue weighted by atomic mass is 10.2. The Morgan fingerprint density at radius 3 is 2.79 bits per heavy atom. The quantitative estimate of drug-likeness (QED) is 0.767. The fraction of sp³-hybridized carbons (Fsp3) is 0.562. The van der Waals surface area contributed by atoms with Crippen molar-refractivity contribution in [1.29, 1.82) is 0 Å². The zero-order valence-corrected chi connectivity index (χ0v) is 13.6. The molecule has 0 amide bonds. The largest absolute Gasteiger partial charge is 0.573 e. The third kappa shape index (κ3) is 5.92. The Labute approximate surface area is 138 Å². The van der Waals surface area contributed by atoms with E-state index in [1.54, 1.807) is 4.90 Å². The minimum Gasteiger partial charge on any atom is -0.492 e. The molecule has 1 heterocycles. The van der Waals surface area contributed by atoms with Gasteiger partial charge in [0.2, 0.25) is 0 Å². The van der Waals surface area contributed by atoms with Gasteiger partial charge in [-0.25, -0.2) is 0 Å². The first-order chi connectivity index (χ1) is 11.2. The second-order valence-corrected chi connectivity index (χ2v) is 5.95. The molecule has 0 spiro atoms. The SMILES string of the molecule is CC(C)COC(=O)CN1CCOc2ccc(OC(F)(F)F)cc2C1. The van der Waals surface area contributed by atoms with Crippen molar-refractivity contribution < 1.29 is 32.2 Å². The number of esters is 1. The molecule has 1 aromatic rings. The molecule has 0 saturated heterocycles. The number of benzene rings is 1. The summed E-state index contributed by atoms with van der Waals surface area (Å²) in [7, 11) is 0. The van der Waals surface area contributed by atoms with Crippen molar-refractivity contribution in [1.82, 2.24) is 4.90 Å². The Morgan fingerprint density at radius 2 is 2.12 bits per heavy atom. The van der Waals surface area contributed by atoms with E-state index in [1.807, 2.05) is 13.8 Å². The van der Waals surface area contributed by atoms with Crippen LogP contribution in [0, 0.1) is 5.92 Å². The summed E-state index contributed by atoms with van der Waals surface area (Å²) < 4.78 is 51.5. The van der Waals surface area contributed by atoms with Crippen LogP contribution >= 0.6 is 0 Å². The van der Waals surface area contributed by atoms with E-state index < -0.39 is 6.36 Å². The monoisotopic (exact) mass is 347 g/mol. The molecule has 8 heteroatoms. The molecule has 1 aliphatic rings. The second-order valence-electron chi connectivity index (χ2n) is 5.95. The van der Waals surface area contributed by atoms with Gasteiger partial charge in [-0.1, -0.05) is 13.8 Å². The van der Waals surface area contributed by atoms with E-state index in [1.165, 1.54) is 18.2 Å². The number of ether oxygens (including phenoxy) is 3. The van der Waals surface area contributed by atoms with Crippen LogP contribution in [0.5, 0.6) is 11.5 Å². The predicted octanol–water partition coefficient (Wildman–Crippen LogP) is 2.98. The van der Waals surface area contributed by atoms with E-state index >= 15 is 0 Å². The van der Waals surface area contributed by atoms with E-state index in [-0.39, 0.29) is 30.7 Å². The lowest BCUT2D eigenvalue weighted by molar-refractivity contribution is -0.274. The van der Waals surface area contributed by atoms with Crippen LogP contribution in [-0.2, 0) is 16.1 Å². The smallest absolute Gasteiger partial charge is 0.492 e. The fourth-order valence-electron chi connectivity index (χ4n) is 2.24. The van der Waals surface area contributed by atoms with Crippen LogP contribution in [0.4, 0.5) is 13.2 Å². The Hall–Kier alpha value is -1.96. The summed E-state index contributed by atoms with van der Waals surface area (Å²) in [6.07, 6.45) is -4.75. The van der Waals surface area contributed by atoms with Crippen molar-refractivity contribution in [3.8, 4) is 11.5 Å². The van der Waals surface area contributed by atoms with Gasteiger partial charge in [-0.3, -0.25) is 9.69 Å². The molecule has 0 bridgehead atoms. The Morgan fingerprint density at radius 1 is 1.38 bits per heavy atom. The summed E-state index contributed by atoms with van der Waals surface area (Å²) in [5.41, 5.74) is 0.533. The van der Waals surface area contributed by atoms with Crippen LogP contribution in [0.25, 0.3) is 0 Å². The maximum atomic E-state index is 12.3. The number of hydrogen-bond donors (Lipinski definition) is 0. The first-order valence-corrected chi connectivity index (χ1v) is 7.62. The highest BCUT2D eigenvalue weighted by Crippen LogP contribution is 2.30. The molecule has 0 unspecified atom stereocenters. The molecule has 24 heavy (non-hydrogen) atoms. The van der Waals surface area contributed by atoms with Gasteiger partial charge in [0.1, 0.15) is 18.1 Å². The predicted molar refractivity (Wildman–Crippen MR) is 79.7 cm³/mol. The van der Waals surface area contributed by atoms with E-state index in [4.69, 9.17) is 9.47 Å². The van der Waals surface area contributed by atoms with Crippen LogP contribution in [0.3, 0.4) is 0 Å². The summed E-state index contributed by atoms with van der Waals surface area (Å²) >= 11 is 0. The highest BCUT2D eigenvalue weighted by molar-refractivity contribution is 5.71. The topological polar surface area (TPSA) is 48.0 Å². The lowest BCUT2D eigenvalue weighted by Gasteiger charge is -2.19. The number of hydrogen-bond acceptors (Lipinski definition) is 5. The number of nitrogens with zero attached hydrogens (tertiary/aromatic N) is 1. The minimum atomic E-state index is -4.75. The van der Waals surface area contributed by atoms with Gasteiger partial charge in [0.15, 0.2) is 0 Å². The molecular formula is C16H20F3NO4. The first-order valence-electron chi connectivity index (χ1n) is 7.62. The highest BCUT2D eigenvalue weighted by Gasteiger charge is 2.31. The number of carbonyl (C=O) groups is 1. The van der Waals surface area contributed by atoms with E-state index in [2.05, 4.69) is 4.74 Å². The van der Waals surface area contributed by atoms with Crippen molar-refractivity contribution in [2.24, 2.45) is 5.92 Å². The maximum absolute atomic E-state index is 12.3. The molecule has 1 aromatic carbocycles. The molecule has 0 aromatic heterocycles. The van der Waals surface area contributed by atoms with Crippen LogP contribution in [0.1, 0.15) is 19.4 Å². The minimum absolute atomic E-state index is 0.0554. The highest BCUT2D eigenvalue weighted by atomic mass is 19.4. The second kappa shape index (κ2) is 7.74. The zero-order valence-electron chi connectivity index (χ0n) is 13.6. The average molecular weight is 347 g/mol. The van der Waals surface area contributed by atoms with Gasteiger partial charge < -0.3 is 14.2 Å². The number of carbonyl (C=O) groups excluding carboxylic acids is 1. The van der Waals surface area contributed by atoms with Crippen LogP contribution in [0.15, 0.2) is 18.2 Å². The summed E-state index contributed by atoms with van der Waals surface area (Å²) in [5, 5.41) is 0. The lowest BCUT2D eigenvalue weighted by Crippen LogP contribution is -2.32. The van der Waals surface area contributed by atoms with E-state index in [0.717, 1.165) is 0 Å². The van der Waals surface area contributed by atoms with Crippen molar-refractivity contribution >= 4 is 5.97 Å². The molecular weight excluding hydrogens is 327 g/mol.